The van der Waals surface area contributed by atoms with Crippen molar-refractivity contribution in [2.75, 3.05) is 5.73 Å². The molecule has 0 aromatic heterocycles. The molecule has 0 aliphatic carbocycles. The van der Waals surface area contributed by atoms with Crippen LogP contribution in [0.5, 0.6) is 0 Å². The number of hydrogen-bond acceptors (Lipinski definition) is 5. The Balaban J connectivity index is 1.99. The molecule has 128 valence electrons. The molecule has 0 spiro atoms. The lowest BCUT2D eigenvalue weighted by Crippen LogP contribution is -2.05. The van der Waals surface area contributed by atoms with E-state index in [1.54, 1.807) is 18.2 Å². The van der Waals surface area contributed by atoms with Crippen LogP contribution in [0.15, 0.2) is 98.4 Å². The van der Waals surface area contributed by atoms with Gasteiger partial charge in [-0.15, -0.1) is 0 Å². The second-order valence-electron chi connectivity index (χ2n) is 5.36. The maximum atomic E-state index is 12.6. The van der Waals surface area contributed by atoms with Crippen molar-refractivity contribution < 1.29 is 16.8 Å². The van der Waals surface area contributed by atoms with Gasteiger partial charge in [0.1, 0.15) is 0 Å². The van der Waals surface area contributed by atoms with E-state index < -0.39 is 19.7 Å². The van der Waals surface area contributed by atoms with Crippen LogP contribution in [-0.4, -0.2) is 16.8 Å². The van der Waals surface area contributed by atoms with Gasteiger partial charge in [-0.1, -0.05) is 18.2 Å². The lowest BCUT2D eigenvalue weighted by Gasteiger charge is -2.08. The molecule has 5 nitrogen and oxygen atoms in total. The summed E-state index contributed by atoms with van der Waals surface area (Å²) in [6.45, 7) is 0. The van der Waals surface area contributed by atoms with E-state index in [0.29, 0.717) is 5.69 Å². The molecule has 0 heterocycles. The summed E-state index contributed by atoms with van der Waals surface area (Å²) in [6.07, 6.45) is 0. The SMILES string of the molecule is Nc1ccc(S(=O)(=O)c2ccc(S(=O)(=O)c3ccccc3)cc2)cc1. The molecule has 3 rings (SSSR count). The summed E-state index contributed by atoms with van der Waals surface area (Å²) in [5.41, 5.74) is 6.03. The van der Waals surface area contributed by atoms with Gasteiger partial charge in [-0.05, 0) is 60.7 Å². The van der Waals surface area contributed by atoms with Crippen LogP contribution < -0.4 is 5.73 Å². The Hall–Kier alpha value is -2.64. The molecule has 0 aliphatic heterocycles. The van der Waals surface area contributed by atoms with Crippen LogP contribution >= 0.6 is 0 Å². The van der Waals surface area contributed by atoms with Gasteiger partial charge in [0.25, 0.3) is 0 Å². The van der Waals surface area contributed by atoms with Crippen LogP contribution in [0.1, 0.15) is 0 Å². The van der Waals surface area contributed by atoms with Crippen LogP contribution in [0.3, 0.4) is 0 Å². The van der Waals surface area contributed by atoms with Gasteiger partial charge < -0.3 is 5.73 Å². The minimum absolute atomic E-state index is 0.0179. The maximum Gasteiger partial charge on any atom is 0.206 e. The van der Waals surface area contributed by atoms with E-state index in [1.165, 1.54) is 60.7 Å². The van der Waals surface area contributed by atoms with Crippen molar-refractivity contribution in [3.05, 3.63) is 78.9 Å². The van der Waals surface area contributed by atoms with Gasteiger partial charge in [-0.3, -0.25) is 0 Å². The highest BCUT2D eigenvalue weighted by atomic mass is 32.2. The van der Waals surface area contributed by atoms with Crippen LogP contribution in [0.4, 0.5) is 5.69 Å². The van der Waals surface area contributed by atoms with Gasteiger partial charge in [-0.2, -0.15) is 0 Å². The Labute approximate surface area is 146 Å². The molecule has 2 N–H and O–H groups in total. The molecule has 0 amide bonds. The van der Waals surface area contributed by atoms with E-state index in [2.05, 4.69) is 0 Å². The molecular weight excluding hydrogens is 358 g/mol. The highest BCUT2D eigenvalue weighted by Gasteiger charge is 2.21. The second-order valence-corrected chi connectivity index (χ2v) is 9.26. The van der Waals surface area contributed by atoms with E-state index in [0.717, 1.165) is 0 Å². The summed E-state index contributed by atoms with van der Waals surface area (Å²) in [5, 5.41) is 0. The predicted octanol–water partition coefficient (Wildman–Crippen LogP) is 2.93. The van der Waals surface area contributed by atoms with Crippen molar-refractivity contribution in [3.8, 4) is 0 Å². The molecule has 0 bridgehead atoms. The van der Waals surface area contributed by atoms with Crippen molar-refractivity contribution in [3.63, 3.8) is 0 Å². The molecule has 0 radical (unpaired) electrons. The van der Waals surface area contributed by atoms with Gasteiger partial charge in [0.05, 0.1) is 19.6 Å². The number of sulfone groups is 2. The quantitative estimate of drug-likeness (QED) is 0.710. The molecule has 0 aliphatic rings. The largest absolute Gasteiger partial charge is 0.399 e. The standard InChI is InChI=1S/C18H15NO4S2/c19-14-6-8-16(9-7-14)25(22,23)18-12-10-17(11-13-18)24(20,21)15-4-2-1-3-5-15/h1-13H,19H2. The average molecular weight is 373 g/mol. The van der Waals surface area contributed by atoms with Crippen LogP contribution in [-0.2, 0) is 19.7 Å². The van der Waals surface area contributed by atoms with Crippen LogP contribution in [0.2, 0.25) is 0 Å². The summed E-state index contributed by atoms with van der Waals surface area (Å²) >= 11 is 0. The number of benzene rings is 3. The van der Waals surface area contributed by atoms with Gasteiger partial charge >= 0.3 is 0 Å². The van der Waals surface area contributed by atoms with E-state index in [1.807, 2.05) is 0 Å². The van der Waals surface area contributed by atoms with Gasteiger partial charge in [-0.25, -0.2) is 16.8 Å². The van der Waals surface area contributed by atoms with Crippen LogP contribution in [0.25, 0.3) is 0 Å². The minimum atomic E-state index is -3.73. The van der Waals surface area contributed by atoms with Crippen molar-refractivity contribution >= 4 is 25.4 Å². The fourth-order valence-corrected chi connectivity index (χ4v) is 4.86. The molecule has 0 fully saturated rings. The number of nitrogens with two attached hydrogens (primary N) is 1. The topological polar surface area (TPSA) is 94.3 Å². The van der Waals surface area contributed by atoms with E-state index in [9.17, 15) is 16.8 Å². The Morgan fingerprint density at radius 2 is 0.800 bits per heavy atom. The number of hydrogen-bond donors (Lipinski definition) is 1. The molecule has 3 aromatic rings. The first-order chi connectivity index (χ1) is 11.8. The summed E-state index contributed by atoms with van der Waals surface area (Å²) in [4.78, 5) is 0.309. The molecular formula is C18H15NO4S2. The third kappa shape index (κ3) is 3.29. The van der Waals surface area contributed by atoms with E-state index in [4.69, 9.17) is 5.73 Å². The Morgan fingerprint density at radius 3 is 1.20 bits per heavy atom. The smallest absolute Gasteiger partial charge is 0.206 e. The number of anilines is 1. The summed E-state index contributed by atoms with van der Waals surface area (Å²) in [5.74, 6) is 0. The van der Waals surface area contributed by atoms with E-state index >= 15 is 0 Å². The molecule has 0 saturated carbocycles. The maximum absolute atomic E-state index is 12.6. The first-order valence-electron chi connectivity index (χ1n) is 7.33. The van der Waals surface area contributed by atoms with Gasteiger partial charge in [0, 0.05) is 5.69 Å². The molecule has 3 aromatic carbocycles. The molecule has 25 heavy (non-hydrogen) atoms. The summed E-state index contributed by atoms with van der Waals surface area (Å²) in [6, 6.07) is 19.0. The average Bonchev–Trinajstić information content (AvgIpc) is 2.63. The normalized spacial score (nSPS) is 12.0. The van der Waals surface area contributed by atoms with Crippen LogP contribution in [0, 0.1) is 0 Å². The third-order valence-electron chi connectivity index (χ3n) is 3.69. The molecule has 0 saturated heterocycles. The zero-order valence-corrected chi connectivity index (χ0v) is 14.7. The van der Waals surface area contributed by atoms with Crippen molar-refractivity contribution in [1.82, 2.24) is 0 Å². The zero-order valence-electron chi connectivity index (χ0n) is 13.0. The van der Waals surface area contributed by atoms with Crippen molar-refractivity contribution in [2.45, 2.75) is 19.6 Å². The highest BCUT2D eigenvalue weighted by Crippen LogP contribution is 2.25. The fraction of sp³-hybridized carbons (Fsp3) is 0. The first kappa shape index (κ1) is 17.2. The van der Waals surface area contributed by atoms with Crippen molar-refractivity contribution in [1.29, 1.82) is 0 Å². The predicted molar refractivity (Wildman–Crippen MR) is 94.6 cm³/mol. The molecule has 0 unspecified atom stereocenters. The highest BCUT2D eigenvalue weighted by molar-refractivity contribution is 7.92. The van der Waals surface area contributed by atoms with Crippen molar-refractivity contribution in [2.24, 2.45) is 0 Å². The molecule has 7 heteroatoms. The Kier molecular flexibility index (Phi) is 4.36. The zero-order chi connectivity index (χ0) is 18.1. The Bertz CT molecular complexity index is 1090. The fourth-order valence-electron chi connectivity index (χ4n) is 2.32. The number of nitrogen functional groups attached to an aromatic ring is 1. The minimum Gasteiger partial charge on any atom is -0.399 e. The lowest BCUT2D eigenvalue weighted by atomic mass is 10.3. The van der Waals surface area contributed by atoms with Gasteiger partial charge in [0.15, 0.2) is 0 Å². The molecule has 0 atom stereocenters. The second kappa shape index (κ2) is 6.34. The Morgan fingerprint density at radius 1 is 0.480 bits per heavy atom. The summed E-state index contributed by atoms with van der Waals surface area (Å²) < 4.78 is 50.2. The lowest BCUT2D eigenvalue weighted by molar-refractivity contribution is 0.592. The number of rotatable bonds is 4. The monoisotopic (exact) mass is 373 g/mol. The first-order valence-corrected chi connectivity index (χ1v) is 10.3. The third-order valence-corrected chi connectivity index (χ3v) is 7.26. The van der Waals surface area contributed by atoms with E-state index in [-0.39, 0.29) is 19.6 Å². The summed E-state index contributed by atoms with van der Waals surface area (Å²) in [7, 11) is -7.42. The van der Waals surface area contributed by atoms with Gasteiger partial charge in [0.2, 0.25) is 19.7 Å².